The molecule has 3 atom stereocenters. The van der Waals surface area contributed by atoms with E-state index < -0.39 is 18.2 Å². The Morgan fingerprint density at radius 3 is 2.73 bits per heavy atom. The van der Waals surface area contributed by atoms with Crippen LogP contribution in [0.5, 0.6) is 0 Å². The van der Waals surface area contributed by atoms with Crippen LogP contribution in [0.1, 0.15) is 38.5 Å². The number of carbonyl (C=O) groups is 3. The number of aliphatic hydroxyl groups is 1. The third-order valence-electron chi connectivity index (χ3n) is 5.01. The molecule has 0 unspecified atom stereocenters. The van der Waals surface area contributed by atoms with Gasteiger partial charge in [-0.25, -0.2) is 4.79 Å². The van der Waals surface area contributed by atoms with Gasteiger partial charge < -0.3 is 26.0 Å². The number of hydrogen-bond donors (Lipinski definition) is 3. The molecule has 9 heteroatoms. The molecule has 148 valence electrons. The van der Waals surface area contributed by atoms with Crippen molar-refractivity contribution in [2.24, 2.45) is 5.73 Å². The van der Waals surface area contributed by atoms with E-state index in [1.807, 2.05) is 6.26 Å². The number of urea groups is 1. The van der Waals surface area contributed by atoms with E-state index in [9.17, 15) is 19.5 Å². The van der Waals surface area contributed by atoms with E-state index in [2.05, 4.69) is 5.32 Å². The number of nitrogens with one attached hydrogen (secondary N) is 1. The highest BCUT2D eigenvalue weighted by atomic mass is 32.2. The summed E-state index contributed by atoms with van der Waals surface area (Å²) in [5.41, 5.74) is 5.33. The molecular weight excluding hydrogens is 356 g/mol. The minimum Gasteiger partial charge on any atom is -0.391 e. The second kappa shape index (κ2) is 10.0. The van der Waals surface area contributed by atoms with Gasteiger partial charge in [-0.3, -0.25) is 9.59 Å². The van der Waals surface area contributed by atoms with Crippen LogP contribution in [0.15, 0.2) is 0 Å². The Labute approximate surface area is 158 Å². The monoisotopic (exact) mass is 386 g/mol. The van der Waals surface area contributed by atoms with E-state index in [1.54, 1.807) is 16.7 Å². The van der Waals surface area contributed by atoms with Crippen LogP contribution in [0.2, 0.25) is 0 Å². The van der Waals surface area contributed by atoms with Gasteiger partial charge in [0.2, 0.25) is 11.8 Å². The Morgan fingerprint density at radius 2 is 2.04 bits per heavy atom. The van der Waals surface area contributed by atoms with Gasteiger partial charge >= 0.3 is 6.03 Å². The van der Waals surface area contributed by atoms with E-state index in [0.717, 1.165) is 18.6 Å². The maximum absolute atomic E-state index is 12.5. The minimum atomic E-state index is -0.664. The number of nitrogens with zero attached hydrogens (tertiary/aromatic N) is 2. The quantitative estimate of drug-likeness (QED) is 0.562. The van der Waals surface area contributed by atoms with Crippen molar-refractivity contribution in [3.63, 3.8) is 0 Å². The van der Waals surface area contributed by atoms with E-state index >= 15 is 0 Å². The summed E-state index contributed by atoms with van der Waals surface area (Å²) < 4.78 is 0. The van der Waals surface area contributed by atoms with Gasteiger partial charge in [-0.2, -0.15) is 11.8 Å². The molecule has 0 aromatic carbocycles. The molecular formula is C17H30N4O4S. The zero-order valence-corrected chi connectivity index (χ0v) is 16.2. The first-order chi connectivity index (χ1) is 12.4. The minimum absolute atomic E-state index is 0.0563. The van der Waals surface area contributed by atoms with Crippen LogP contribution >= 0.6 is 11.8 Å². The summed E-state index contributed by atoms with van der Waals surface area (Å²) in [5.74, 6) is 0.775. The molecule has 2 fully saturated rings. The lowest BCUT2D eigenvalue weighted by Crippen LogP contribution is -2.50. The van der Waals surface area contributed by atoms with Crippen molar-refractivity contribution in [3.05, 3.63) is 0 Å². The van der Waals surface area contributed by atoms with Crippen molar-refractivity contribution in [2.45, 2.75) is 56.7 Å². The van der Waals surface area contributed by atoms with Crippen molar-refractivity contribution in [2.75, 3.05) is 31.6 Å². The molecule has 2 rings (SSSR count). The fourth-order valence-electron chi connectivity index (χ4n) is 3.66. The molecule has 26 heavy (non-hydrogen) atoms. The Kier molecular flexibility index (Phi) is 8.02. The van der Waals surface area contributed by atoms with Crippen LogP contribution < -0.4 is 11.1 Å². The lowest BCUT2D eigenvalue weighted by atomic mass is 10.1. The molecule has 2 aliphatic rings. The number of β-amino-alcohol motifs (C(OH)–C–C–N with tert-alkyl or cyclic N) is 1. The maximum atomic E-state index is 12.5. The zero-order chi connectivity index (χ0) is 19.1. The molecule has 2 saturated heterocycles. The van der Waals surface area contributed by atoms with E-state index in [-0.39, 0.29) is 17.9 Å². The number of aliphatic hydroxyl groups excluding tert-OH is 1. The van der Waals surface area contributed by atoms with Gasteiger partial charge in [0.1, 0.15) is 6.04 Å². The summed E-state index contributed by atoms with van der Waals surface area (Å²) in [6.07, 6.45) is 5.03. The zero-order valence-electron chi connectivity index (χ0n) is 15.4. The number of likely N-dealkylation sites (tertiary alicyclic amines) is 2. The molecule has 4 N–H and O–H groups in total. The van der Waals surface area contributed by atoms with Crippen LogP contribution in [0, 0.1) is 0 Å². The van der Waals surface area contributed by atoms with Crippen molar-refractivity contribution in [3.8, 4) is 0 Å². The molecule has 0 aromatic heterocycles. The van der Waals surface area contributed by atoms with Crippen LogP contribution in [0.3, 0.4) is 0 Å². The predicted octanol–water partition coefficient (Wildman–Crippen LogP) is 0.141. The molecule has 2 aliphatic heterocycles. The van der Waals surface area contributed by atoms with E-state index in [1.165, 1.54) is 4.90 Å². The van der Waals surface area contributed by atoms with Crippen LogP contribution in [0.4, 0.5) is 4.79 Å². The molecule has 0 aromatic rings. The van der Waals surface area contributed by atoms with Crippen molar-refractivity contribution < 1.29 is 19.5 Å². The van der Waals surface area contributed by atoms with Crippen molar-refractivity contribution >= 4 is 29.6 Å². The van der Waals surface area contributed by atoms with Crippen LogP contribution in [-0.4, -0.2) is 82.6 Å². The predicted molar refractivity (Wildman–Crippen MR) is 101 cm³/mol. The fourth-order valence-corrected chi connectivity index (χ4v) is 4.10. The van der Waals surface area contributed by atoms with E-state index in [4.69, 9.17) is 5.73 Å². The Bertz CT molecular complexity index is 519. The Morgan fingerprint density at radius 1 is 1.27 bits per heavy atom. The number of hydrogen-bond acceptors (Lipinski definition) is 5. The number of thioether (sulfide) groups is 1. The number of carbonyl (C=O) groups excluding carboxylic acids is 3. The summed E-state index contributed by atoms with van der Waals surface area (Å²) >= 11 is 1.71. The second-order valence-electron chi connectivity index (χ2n) is 7.01. The van der Waals surface area contributed by atoms with Gasteiger partial charge in [0, 0.05) is 32.1 Å². The molecule has 0 aliphatic carbocycles. The Balaban J connectivity index is 1.86. The highest BCUT2D eigenvalue weighted by molar-refractivity contribution is 7.98. The largest absolute Gasteiger partial charge is 0.391 e. The SMILES string of the molecule is CSCCCC(=O)N1CC[C@H](NC(=O)[C@@H]2CCCN2C(N)=O)C[C@H](O)C1. The first kappa shape index (κ1) is 20.8. The first-order valence-electron chi connectivity index (χ1n) is 9.23. The standard InChI is InChI=1S/C17H30N4O4S/c1-26-9-3-5-15(23)20-8-6-12(10-13(22)11-20)19-16(24)14-4-2-7-21(14)17(18)25/h12-14,22H,2-11H2,1H3,(H2,18,25)(H,19,24)/t12-,13-,14-/m0/s1. The second-order valence-corrected chi connectivity index (χ2v) is 8.00. The lowest BCUT2D eigenvalue weighted by molar-refractivity contribution is -0.132. The summed E-state index contributed by atoms with van der Waals surface area (Å²) in [4.78, 5) is 39.3. The maximum Gasteiger partial charge on any atom is 0.315 e. The fraction of sp³-hybridized carbons (Fsp3) is 0.824. The van der Waals surface area contributed by atoms with Gasteiger partial charge in [-0.15, -0.1) is 0 Å². The van der Waals surface area contributed by atoms with Gasteiger partial charge in [-0.05, 0) is 44.1 Å². The van der Waals surface area contributed by atoms with Crippen molar-refractivity contribution in [1.29, 1.82) is 0 Å². The van der Waals surface area contributed by atoms with Crippen LogP contribution in [0.25, 0.3) is 0 Å². The molecule has 0 bridgehead atoms. The van der Waals surface area contributed by atoms with Crippen LogP contribution in [-0.2, 0) is 9.59 Å². The van der Waals surface area contributed by atoms with Gasteiger partial charge in [-0.1, -0.05) is 0 Å². The van der Waals surface area contributed by atoms with Gasteiger partial charge in [0.15, 0.2) is 0 Å². The molecule has 2 heterocycles. The highest BCUT2D eigenvalue weighted by Crippen LogP contribution is 2.19. The average molecular weight is 387 g/mol. The number of nitrogens with two attached hydrogens (primary N) is 1. The summed E-state index contributed by atoms with van der Waals surface area (Å²) in [6.45, 7) is 1.32. The smallest absolute Gasteiger partial charge is 0.315 e. The summed E-state index contributed by atoms with van der Waals surface area (Å²) in [6, 6.07) is -1.32. The third-order valence-corrected chi connectivity index (χ3v) is 5.71. The number of primary amides is 1. The third kappa shape index (κ3) is 5.77. The summed E-state index contributed by atoms with van der Waals surface area (Å²) in [7, 11) is 0. The molecule has 0 saturated carbocycles. The highest BCUT2D eigenvalue weighted by Gasteiger charge is 2.35. The number of rotatable bonds is 6. The Hall–Kier alpha value is -1.48. The van der Waals surface area contributed by atoms with Gasteiger partial charge in [0.05, 0.1) is 6.10 Å². The first-order valence-corrected chi connectivity index (χ1v) is 10.6. The lowest BCUT2D eigenvalue weighted by Gasteiger charge is -2.25. The molecule has 0 radical (unpaired) electrons. The summed E-state index contributed by atoms with van der Waals surface area (Å²) in [5, 5.41) is 13.2. The average Bonchev–Trinajstić information content (AvgIpc) is 3.01. The number of amides is 4. The van der Waals surface area contributed by atoms with Crippen molar-refractivity contribution in [1.82, 2.24) is 15.1 Å². The van der Waals surface area contributed by atoms with E-state index in [0.29, 0.717) is 45.3 Å². The molecule has 0 spiro atoms. The normalized spacial score (nSPS) is 26.5. The van der Waals surface area contributed by atoms with Gasteiger partial charge in [0.25, 0.3) is 0 Å². The molecule has 8 nitrogen and oxygen atoms in total. The molecule has 4 amide bonds. The topological polar surface area (TPSA) is 116 Å².